The zero-order valence-electron chi connectivity index (χ0n) is 13.2. The van der Waals surface area contributed by atoms with Gasteiger partial charge in [0.15, 0.2) is 0 Å². The van der Waals surface area contributed by atoms with Crippen molar-refractivity contribution in [3.63, 3.8) is 0 Å². The second-order valence-electron chi connectivity index (χ2n) is 6.46. The minimum atomic E-state index is 0.407. The van der Waals surface area contributed by atoms with Gasteiger partial charge in [-0.05, 0) is 66.4 Å². The summed E-state index contributed by atoms with van der Waals surface area (Å²) < 4.78 is 0. The highest BCUT2D eigenvalue weighted by atomic mass is 14.8. The van der Waals surface area contributed by atoms with Crippen LogP contribution >= 0.6 is 0 Å². The third-order valence-corrected chi connectivity index (χ3v) is 5.20. The summed E-state index contributed by atoms with van der Waals surface area (Å²) in [6, 6.07) is 4.44. The van der Waals surface area contributed by atoms with Crippen molar-refractivity contribution >= 4 is 11.4 Å². The van der Waals surface area contributed by atoms with Crippen molar-refractivity contribution in [2.75, 3.05) is 5.73 Å². The molecule has 0 bridgehead atoms. The third kappa shape index (κ3) is 2.78. The molecule has 0 amide bonds. The Morgan fingerprint density at radius 1 is 1.41 bits per heavy atom. The lowest BCUT2D eigenvalue weighted by Crippen LogP contribution is -2.12. The van der Waals surface area contributed by atoms with Crippen molar-refractivity contribution in [1.82, 2.24) is 4.98 Å². The number of pyridine rings is 1. The van der Waals surface area contributed by atoms with Crippen LogP contribution in [-0.2, 0) is 0 Å². The maximum absolute atomic E-state index is 9.20. The number of nitrogen functional groups attached to an aromatic ring is 1. The van der Waals surface area contributed by atoms with Crippen LogP contribution in [-0.4, -0.2) is 4.98 Å². The van der Waals surface area contributed by atoms with Gasteiger partial charge in [0, 0.05) is 12.6 Å². The van der Waals surface area contributed by atoms with E-state index in [0.29, 0.717) is 24.1 Å². The van der Waals surface area contributed by atoms with Gasteiger partial charge in [0.05, 0.1) is 6.07 Å². The first-order valence-electron chi connectivity index (χ1n) is 8.19. The van der Waals surface area contributed by atoms with E-state index in [1.54, 1.807) is 6.20 Å². The highest BCUT2D eigenvalue weighted by Crippen LogP contribution is 2.41. The zero-order valence-corrected chi connectivity index (χ0v) is 13.2. The summed E-state index contributed by atoms with van der Waals surface area (Å²) in [6.07, 6.45) is 13.1. The molecular formula is C19H23N3. The van der Waals surface area contributed by atoms with Crippen molar-refractivity contribution < 1.29 is 0 Å². The number of allylic oxidation sites excluding steroid dienone is 4. The summed E-state index contributed by atoms with van der Waals surface area (Å²) in [5, 5.41) is 9.20. The summed E-state index contributed by atoms with van der Waals surface area (Å²) in [7, 11) is 0. The number of nitrogens with zero attached hydrogens (tertiary/aromatic N) is 2. The molecule has 1 heterocycles. The first-order chi connectivity index (χ1) is 10.7. The normalized spacial score (nSPS) is 19.6. The standard InChI is InChI=1S/C19H23N3/c1-13-17(9-11-22-19(13)21)15-6-7-16(12-15)18(8-10-20)14-4-2-3-5-14/h7,9,11-12,14,18H,2-6,8H2,1H3,(H2,21,22). The SMILES string of the molecule is Cc1c(C2=CC(C(CC#N)C3CCCC3)=CC2)ccnc1N. The fraction of sp³-hybridized carbons (Fsp3) is 0.474. The Kier molecular flexibility index (Phi) is 4.29. The molecule has 2 aliphatic rings. The molecule has 1 saturated carbocycles. The van der Waals surface area contributed by atoms with Crippen LogP contribution in [0.15, 0.2) is 30.0 Å². The van der Waals surface area contributed by atoms with E-state index in [1.807, 2.05) is 13.0 Å². The molecular weight excluding hydrogens is 270 g/mol. The van der Waals surface area contributed by atoms with Gasteiger partial charge in [-0.25, -0.2) is 4.98 Å². The lowest BCUT2D eigenvalue weighted by molar-refractivity contribution is 0.399. The van der Waals surface area contributed by atoms with Gasteiger partial charge < -0.3 is 5.73 Å². The number of aromatic nitrogens is 1. The van der Waals surface area contributed by atoms with Crippen molar-refractivity contribution in [3.8, 4) is 6.07 Å². The lowest BCUT2D eigenvalue weighted by atomic mass is 9.83. The number of nitrogens with two attached hydrogens (primary N) is 1. The summed E-state index contributed by atoms with van der Waals surface area (Å²) in [5.41, 5.74) is 10.9. The maximum atomic E-state index is 9.20. The Bertz CT molecular complexity index is 658. The quantitative estimate of drug-likeness (QED) is 0.894. The van der Waals surface area contributed by atoms with E-state index in [-0.39, 0.29) is 0 Å². The fourth-order valence-electron chi connectivity index (χ4n) is 3.91. The summed E-state index contributed by atoms with van der Waals surface area (Å²) >= 11 is 0. The number of anilines is 1. The largest absolute Gasteiger partial charge is 0.383 e. The van der Waals surface area contributed by atoms with Crippen LogP contribution in [0.25, 0.3) is 5.57 Å². The number of rotatable bonds is 4. The Hall–Kier alpha value is -2.08. The van der Waals surface area contributed by atoms with Gasteiger partial charge in [0.2, 0.25) is 0 Å². The van der Waals surface area contributed by atoms with Crippen LogP contribution < -0.4 is 5.73 Å². The van der Waals surface area contributed by atoms with E-state index in [1.165, 1.54) is 42.4 Å². The van der Waals surface area contributed by atoms with Gasteiger partial charge in [-0.3, -0.25) is 0 Å². The van der Waals surface area contributed by atoms with E-state index in [9.17, 15) is 5.26 Å². The van der Waals surface area contributed by atoms with Gasteiger partial charge in [-0.2, -0.15) is 5.26 Å². The molecule has 0 spiro atoms. The number of nitriles is 1. The molecule has 1 aromatic rings. The molecule has 0 aromatic carbocycles. The molecule has 0 saturated heterocycles. The van der Waals surface area contributed by atoms with E-state index < -0.39 is 0 Å². The second-order valence-corrected chi connectivity index (χ2v) is 6.46. The van der Waals surface area contributed by atoms with Crippen LogP contribution in [0.2, 0.25) is 0 Å². The Labute approximate surface area is 132 Å². The van der Waals surface area contributed by atoms with E-state index in [2.05, 4.69) is 23.2 Å². The van der Waals surface area contributed by atoms with Gasteiger partial charge in [0.25, 0.3) is 0 Å². The molecule has 1 fully saturated rings. The zero-order chi connectivity index (χ0) is 15.5. The van der Waals surface area contributed by atoms with E-state index >= 15 is 0 Å². The third-order valence-electron chi connectivity index (χ3n) is 5.20. The number of hydrogen-bond acceptors (Lipinski definition) is 3. The predicted molar refractivity (Wildman–Crippen MR) is 89.7 cm³/mol. The Balaban J connectivity index is 1.85. The van der Waals surface area contributed by atoms with Crippen LogP contribution in [0.1, 0.15) is 49.7 Å². The highest BCUT2D eigenvalue weighted by Gasteiger charge is 2.28. The lowest BCUT2D eigenvalue weighted by Gasteiger charge is -2.21. The molecule has 114 valence electrons. The molecule has 2 N–H and O–H groups in total. The Morgan fingerprint density at radius 2 is 2.18 bits per heavy atom. The van der Waals surface area contributed by atoms with E-state index in [4.69, 9.17) is 5.73 Å². The molecule has 3 nitrogen and oxygen atoms in total. The topological polar surface area (TPSA) is 62.7 Å². The van der Waals surface area contributed by atoms with Crippen LogP contribution in [0.4, 0.5) is 5.82 Å². The molecule has 0 aliphatic heterocycles. The van der Waals surface area contributed by atoms with Crippen molar-refractivity contribution in [2.24, 2.45) is 11.8 Å². The van der Waals surface area contributed by atoms with Crippen LogP contribution in [0, 0.1) is 30.1 Å². The Morgan fingerprint density at radius 3 is 2.91 bits per heavy atom. The van der Waals surface area contributed by atoms with Crippen LogP contribution in [0.5, 0.6) is 0 Å². The predicted octanol–water partition coefficient (Wildman–Crippen LogP) is 4.41. The number of hydrogen-bond donors (Lipinski definition) is 1. The highest BCUT2D eigenvalue weighted by molar-refractivity contribution is 5.76. The van der Waals surface area contributed by atoms with Crippen molar-refractivity contribution in [1.29, 1.82) is 5.26 Å². The second kappa shape index (κ2) is 6.36. The van der Waals surface area contributed by atoms with Crippen molar-refractivity contribution in [3.05, 3.63) is 41.1 Å². The molecule has 3 heteroatoms. The minimum Gasteiger partial charge on any atom is -0.383 e. The first kappa shape index (κ1) is 14.8. The van der Waals surface area contributed by atoms with Gasteiger partial charge in [0.1, 0.15) is 5.82 Å². The summed E-state index contributed by atoms with van der Waals surface area (Å²) in [6.45, 7) is 2.03. The smallest absolute Gasteiger partial charge is 0.126 e. The average molecular weight is 293 g/mol. The van der Waals surface area contributed by atoms with Crippen molar-refractivity contribution in [2.45, 2.75) is 45.4 Å². The van der Waals surface area contributed by atoms with Gasteiger partial charge >= 0.3 is 0 Å². The summed E-state index contributed by atoms with van der Waals surface area (Å²) in [5.74, 6) is 1.70. The average Bonchev–Trinajstić information content (AvgIpc) is 3.19. The minimum absolute atomic E-state index is 0.407. The molecule has 22 heavy (non-hydrogen) atoms. The monoisotopic (exact) mass is 293 g/mol. The summed E-state index contributed by atoms with van der Waals surface area (Å²) in [4.78, 5) is 4.15. The molecule has 2 aliphatic carbocycles. The maximum Gasteiger partial charge on any atom is 0.126 e. The fourth-order valence-corrected chi connectivity index (χ4v) is 3.91. The molecule has 1 atom stereocenters. The van der Waals surface area contributed by atoms with Gasteiger partial charge in [-0.1, -0.05) is 25.0 Å². The molecule has 3 rings (SSSR count). The van der Waals surface area contributed by atoms with E-state index in [0.717, 1.165) is 12.0 Å². The van der Waals surface area contributed by atoms with Gasteiger partial charge in [-0.15, -0.1) is 0 Å². The van der Waals surface area contributed by atoms with Crippen LogP contribution in [0.3, 0.4) is 0 Å². The first-order valence-corrected chi connectivity index (χ1v) is 8.19. The molecule has 1 aromatic heterocycles. The molecule has 0 radical (unpaired) electrons. The molecule has 1 unspecified atom stereocenters.